The lowest BCUT2D eigenvalue weighted by Gasteiger charge is -2.32. The third kappa shape index (κ3) is 3.66. The molecule has 134 valence electrons. The highest BCUT2D eigenvalue weighted by Gasteiger charge is 2.26. The molecule has 1 aliphatic heterocycles. The van der Waals surface area contributed by atoms with Crippen molar-refractivity contribution in [1.82, 2.24) is 15.1 Å². The van der Waals surface area contributed by atoms with Gasteiger partial charge >= 0.3 is 0 Å². The largest absolute Gasteiger partial charge is 0.320 e. The van der Waals surface area contributed by atoms with Crippen LogP contribution in [-0.2, 0) is 13.0 Å². The fourth-order valence-corrected chi connectivity index (χ4v) is 4.93. The summed E-state index contributed by atoms with van der Waals surface area (Å²) in [4.78, 5) is 16.2. The first-order valence-electron chi connectivity index (χ1n) is 8.30. The molecule has 2 aromatic heterocycles. The topological polar surface area (TPSA) is 58.1 Å². The molecule has 4 rings (SSSR count). The Kier molecular flexibility index (Phi) is 5.04. The van der Waals surface area contributed by atoms with Gasteiger partial charge in [-0.2, -0.15) is 0 Å². The van der Waals surface area contributed by atoms with E-state index in [-0.39, 0.29) is 5.91 Å². The normalized spacial score (nSPS) is 17.1. The van der Waals surface area contributed by atoms with Crippen LogP contribution in [0.5, 0.6) is 0 Å². The molecule has 0 fully saturated rings. The van der Waals surface area contributed by atoms with E-state index in [1.807, 2.05) is 11.3 Å². The summed E-state index contributed by atoms with van der Waals surface area (Å²) in [6, 6.07) is 9.56. The number of amides is 1. The lowest BCUT2D eigenvalue weighted by atomic mass is 10.0. The molecule has 1 N–H and O–H groups in total. The van der Waals surface area contributed by atoms with Crippen molar-refractivity contribution in [2.45, 2.75) is 25.9 Å². The Morgan fingerprint density at radius 2 is 2.12 bits per heavy atom. The van der Waals surface area contributed by atoms with E-state index in [0.29, 0.717) is 28.3 Å². The van der Waals surface area contributed by atoms with Crippen LogP contribution in [0.4, 0.5) is 5.69 Å². The zero-order valence-corrected chi connectivity index (χ0v) is 16.5. The number of anilines is 1. The highest BCUT2D eigenvalue weighted by molar-refractivity contribution is 7.13. The molecule has 0 saturated carbocycles. The van der Waals surface area contributed by atoms with E-state index in [0.717, 1.165) is 18.0 Å². The molecule has 0 aliphatic carbocycles. The van der Waals surface area contributed by atoms with Gasteiger partial charge in [-0.25, -0.2) is 0 Å². The van der Waals surface area contributed by atoms with Gasteiger partial charge < -0.3 is 5.32 Å². The van der Waals surface area contributed by atoms with Gasteiger partial charge in [-0.15, -0.1) is 21.5 Å². The van der Waals surface area contributed by atoms with Crippen LogP contribution in [0.15, 0.2) is 35.7 Å². The van der Waals surface area contributed by atoms with Crippen LogP contribution in [0, 0.1) is 0 Å². The molecule has 0 saturated heterocycles. The van der Waals surface area contributed by atoms with E-state index >= 15 is 0 Å². The van der Waals surface area contributed by atoms with Crippen molar-refractivity contribution < 1.29 is 4.79 Å². The van der Waals surface area contributed by atoms with Crippen LogP contribution < -0.4 is 5.32 Å². The summed E-state index contributed by atoms with van der Waals surface area (Å²) in [7, 11) is 0. The molecule has 1 unspecified atom stereocenters. The Balaban J connectivity index is 1.42. The molecule has 1 aromatic carbocycles. The van der Waals surface area contributed by atoms with E-state index in [4.69, 9.17) is 11.6 Å². The number of carbonyl (C=O) groups is 1. The average Bonchev–Trinajstić information content (AvgIpc) is 3.29. The zero-order valence-electron chi connectivity index (χ0n) is 14.1. The summed E-state index contributed by atoms with van der Waals surface area (Å²) < 4.78 is 0. The minimum atomic E-state index is -0.247. The second-order valence-corrected chi connectivity index (χ2v) is 8.66. The number of benzene rings is 1. The quantitative estimate of drug-likeness (QED) is 0.689. The lowest BCUT2D eigenvalue weighted by molar-refractivity contribution is 0.102. The summed E-state index contributed by atoms with van der Waals surface area (Å²) in [6.07, 6.45) is 1.07. The Morgan fingerprint density at radius 1 is 1.31 bits per heavy atom. The molecule has 1 atom stereocenters. The van der Waals surface area contributed by atoms with Gasteiger partial charge in [-0.05, 0) is 54.6 Å². The van der Waals surface area contributed by atoms with Crippen LogP contribution in [0.2, 0.25) is 5.02 Å². The van der Waals surface area contributed by atoms with Gasteiger partial charge in [0.25, 0.3) is 5.91 Å². The summed E-state index contributed by atoms with van der Waals surface area (Å²) in [5, 5.41) is 15.1. The van der Waals surface area contributed by atoms with E-state index in [2.05, 4.69) is 38.8 Å². The lowest BCUT2D eigenvalue weighted by Crippen LogP contribution is -2.32. The van der Waals surface area contributed by atoms with Crippen molar-refractivity contribution in [2.75, 3.05) is 11.9 Å². The summed E-state index contributed by atoms with van der Waals surface area (Å²) >= 11 is 9.04. The van der Waals surface area contributed by atoms with Crippen LogP contribution in [0.25, 0.3) is 0 Å². The van der Waals surface area contributed by atoms with Crippen molar-refractivity contribution in [1.29, 1.82) is 0 Å². The molecule has 3 aromatic rings. The number of fused-ring (bicyclic) bond motifs is 1. The number of hydrogen-bond donors (Lipinski definition) is 1. The third-order valence-electron chi connectivity index (χ3n) is 4.51. The number of hydrogen-bond acceptors (Lipinski definition) is 6. The fourth-order valence-electron chi connectivity index (χ4n) is 3.08. The number of nitrogens with one attached hydrogen (secondary N) is 1. The van der Waals surface area contributed by atoms with Crippen LogP contribution in [-0.4, -0.2) is 27.5 Å². The molecule has 1 aliphatic rings. The second-order valence-electron chi connectivity index (χ2n) is 6.16. The highest BCUT2D eigenvalue weighted by Crippen LogP contribution is 2.33. The van der Waals surface area contributed by atoms with E-state index in [1.165, 1.54) is 21.8 Å². The highest BCUT2D eigenvalue weighted by atomic mass is 35.5. The zero-order chi connectivity index (χ0) is 18.1. The molecule has 0 spiro atoms. The predicted molar refractivity (Wildman–Crippen MR) is 106 cm³/mol. The fraction of sp³-hybridized carbons (Fsp3) is 0.278. The Morgan fingerprint density at radius 3 is 2.92 bits per heavy atom. The number of halogens is 1. The molecular weight excluding hydrogens is 388 g/mol. The van der Waals surface area contributed by atoms with Crippen molar-refractivity contribution >= 4 is 45.9 Å². The predicted octanol–water partition coefficient (Wildman–Crippen LogP) is 4.62. The maximum Gasteiger partial charge on any atom is 0.286 e. The van der Waals surface area contributed by atoms with Crippen molar-refractivity contribution in [2.24, 2.45) is 0 Å². The molecule has 0 bridgehead atoms. The molecule has 3 heterocycles. The van der Waals surface area contributed by atoms with E-state index in [9.17, 15) is 4.79 Å². The van der Waals surface area contributed by atoms with Crippen LogP contribution in [0.1, 0.15) is 38.2 Å². The number of aromatic nitrogens is 2. The Hall–Kier alpha value is -1.80. The molecule has 1 amide bonds. The smallest absolute Gasteiger partial charge is 0.286 e. The first-order chi connectivity index (χ1) is 12.6. The van der Waals surface area contributed by atoms with Crippen molar-refractivity contribution in [3.8, 4) is 0 Å². The SMILES string of the molecule is CC1c2ccsc2CCN1Cc1nnc(C(=O)Nc2ccc(Cl)cc2)s1. The summed E-state index contributed by atoms with van der Waals surface area (Å²) in [6.45, 7) is 3.93. The molecule has 8 heteroatoms. The summed E-state index contributed by atoms with van der Waals surface area (Å²) in [5.74, 6) is -0.247. The average molecular weight is 405 g/mol. The minimum Gasteiger partial charge on any atom is -0.320 e. The second kappa shape index (κ2) is 7.44. The van der Waals surface area contributed by atoms with Gasteiger partial charge in [0.1, 0.15) is 5.01 Å². The summed E-state index contributed by atoms with van der Waals surface area (Å²) in [5.41, 5.74) is 2.09. The number of rotatable bonds is 4. The minimum absolute atomic E-state index is 0.247. The number of thiophene rings is 1. The molecule has 0 radical (unpaired) electrons. The molecule has 5 nitrogen and oxygen atoms in total. The van der Waals surface area contributed by atoms with Gasteiger partial charge in [0.05, 0.1) is 6.54 Å². The van der Waals surface area contributed by atoms with Crippen LogP contribution >= 0.6 is 34.3 Å². The standard InChI is InChI=1S/C18H17ClN4OS2/c1-11-14-7-9-25-15(14)6-8-23(11)10-16-21-22-18(26-16)17(24)20-13-4-2-12(19)3-5-13/h2-5,7,9,11H,6,8,10H2,1H3,(H,20,24). The number of nitrogens with zero attached hydrogens (tertiary/aromatic N) is 3. The maximum absolute atomic E-state index is 12.3. The van der Waals surface area contributed by atoms with E-state index in [1.54, 1.807) is 24.3 Å². The van der Waals surface area contributed by atoms with Crippen molar-refractivity contribution in [3.63, 3.8) is 0 Å². The maximum atomic E-state index is 12.3. The van der Waals surface area contributed by atoms with Gasteiger partial charge in [0, 0.05) is 28.2 Å². The number of carbonyl (C=O) groups excluding carboxylic acids is 1. The van der Waals surface area contributed by atoms with E-state index < -0.39 is 0 Å². The monoisotopic (exact) mass is 404 g/mol. The first-order valence-corrected chi connectivity index (χ1v) is 10.4. The van der Waals surface area contributed by atoms with Gasteiger partial charge in [0.15, 0.2) is 0 Å². The first kappa shape index (κ1) is 17.6. The Labute approximate surface area is 164 Å². The van der Waals surface area contributed by atoms with Gasteiger partial charge in [-0.1, -0.05) is 22.9 Å². The Bertz CT molecular complexity index is 921. The van der Waals surface area contributed by atoms with Crippen molar-refractivity contribution in [3.05, 3.63) is 61.2 Å². The molecule has 26 heavy (non-hydrogen) atoms. The molecular formula is C18H17ClN4OS2. The van der Waals surface area contributed by atoms with Gasteiger partial charge in [-0.3, -0.25) is 9.69 Å². The van der Waals surface area contributed by atoms with Crippen LogP contribution in [0.3, 0.4) is 0 Å². The van der Waals surface area contributed by atoms with Gasteiger partial charge in [0.2, 0.25) is 5.01 Å². The third-order valence-corrected chi connectivity index (χ3v) is 6.66.